The molecule has 13 heavy (non-hydrogen) atoms. The highest BCUT2D eigenvalue weighted by atomic mass is 16.4. The normalized spacial score (nSPS) is 32.6. The second kappa shape index (κ2) is 4.09. The van der Waals surface area contributed by atoms with Crippen LogP contribution >= 0.6 is 0 Å². The molecule has 1 aliphatic carbocycles. The Bertz CT molecular complexity index is 183. The number of aliphatic hydroxyl groups is 1. The number of hydrogen-bond acceptors (Lipinski definition) is 2. The van der Waals surface area contributed by atoms with Gasteiger partial charge in [0, 0.05) is 0 Å². The van der Waals surface area contributed by atoms with Gasteiger partial charge in [-0.2, -0.15) is 0 Å². The molecule has 0 bridgehead atoms. The molecule has 1 aliphatic rings. The predicted octanol–water partition coefficient (Wildman–Crippen LogP) is 1.79. The molecule has 0 aromatic carbocycles. The van der Waals surface area contributed by atoms with Crippen LogP contribution in [0.15, 0.2) is 0 Å². The zero-order valence-electron chi connectivity index (χ0n) is 8.12. The summed E-state index contributed by atoms with van der Waals surface area (Å²) in [6, 6.07) is 0. The first kappa shape index (κ1) is 10.5. The third-order valence-corrected chi connectivity index (χ3v) is 2.85. The van der Waals surface area contributed by atoms with Gasteiger partial charge in [0.25, 0.3) is 0 Å². The molecule has 0 spiro atoms. The molecule has 0 aromatic heterocycles. The first-order chi connectivity index (χ1) is 6.07. The van der Waals surface area contributed by atoms with E-state index in [1.165, 1.54) is 0 Å². The summed E-state index contributed by atoms with van der Waals surface area (Å²) in [6.07, 6.45) is 4.94. The second-order valence-electron chi connectivity index (χ2n) is 4.12. The van der Waals surface area contributed by atoms with Crippen LogP contribution in [-0.4, -0.2) is 21.8 Å². The molecule has 0 aromatic rings. The fraction of sp³-hybridized carbons (Fsp3) is 0.900. The average Bonchev–Trinajstić information content (AvgIpc) is 2.00. The summed E-state index contributed by atoms with van der Waals surface area (Å²) < 4.78 is 0. The minimum Gasteiger partial charge on any atom is -0.481 e. The van der Waals surface area contributed by atoms with E-state index >= 15 is 0 Å². The van der Waals surface area contributed by atoms with E-state index in [2.05, 4.69) is 6.92 Å². The molecule has 2 N–H and O–H groups in total. The van der Waals surface area contributed by atoms with Gasteiger partial charge < -0.3 is 10.2 Å². The summed E-state index contributed by atoms with van der Waals surface area (Å²) >= 11 is 0. The topological polar surface area (TPSA) is 57.5 Å². The van der Waals surface area contributed by atoms with Gasteiger partial charge in [-0.25, -0.2) is 0 Å². The summed E-state index contributed by atoms with van der Waals surface area (Å²) in [5, 5.41) is 18.4. The third-order valence-electron chi connectivity index (χ3n) is 2.85. The van der Waals surface area contributed by atoms with E-state index < -0.39 is 11.6 Å². The van der Waals surface area contributed by atoms with Gasteiger partial charge in [-0.15, -0.1) is 0 Å². The Morgan fingerprint density at radius 2 is 2.08 bits per heavy atom. The smallest absolute Gasteiger partial charge is 0.306 e. The van der Waals surface area contributed by atoms with Crippen LogP contribution in [0.3, 0.4) is 0 Å². The lowest BCUT2D eigenvalue weighted by atomic mass is 9.68. The monoisotopic (exact) mass is 186 g/mol. The number of unbranched alkanes of at least 4 members (excludes halogenated alkanes) is 2. The highest BCUT2D eigenvalue weighted by Gasteiger charge is 2.45. The van der Waals surface area contributed by atoms with Crippen LogP contribution in [0.1, 0.15) is 45.4 Å². The minimum absolute atomic E-state index is 0.299. The number of carboxylic acid groups (broad SMARTS) is 1. The molecule has 0 atom stereocenters. The Hall–Kier alpha value is -0.570. The first-order valence-electron chi connectivity index (χ1n) is 5.02. The van der Waals surface area contributed by atoms with Gasteiger partial charge in [0.15, 0.2) is 0 Å². The molecule has 3 heteroatoms. The van der Waals surface area contributed by atoms with Crippen molar-refractivity contribution in [1.29, 1.82) is 0 Å². The second-order valence-corrected chi connectivity index (χ2v) is 4.12. The van der Waals surface area contributed by atoms with Crippen LogP contribution < -0.4 is 0 Å². The van der Waals surface area contributed by atoms with E-state index in [0.717, 1.165) is 25.7 Å². The molecule has 0 aliphatic heterocycles. The maximum Gasteiger partial charge on any atom is 0.306 e. The zero-order chi connectivity index (χ0) is 9.90. The Kier molecular flexibility index (Phi) is 3.31. The van der Waals surface area contributed by atoms with Crippen molar-refractivity contribution in [2.45, 2.75) is 51.0 Å². The quantitative estimate of drug-likeness (QED) is 0.643. The van der Waals surface area contributed by atoms with Gasteiger partial charge in [-0.1, -0.05) is 26.2 Å². The summed E-state index contributed by atoms with van der Waals surface area (Å²) in [5.41, 5.74) is -0.655. The van der Waals surface area contributed by atoms with Gasteiger partial charge in [0.2, 0.25) is 0 Å². The average molecular weight is 186 g/mol. The zero-order valence-corrected chi connectivity index (χ0v) is 8.12. The molecule has 0 heterocycles. The largest absolute Gasteiger partial charge is 0.481 e. The standard InChI is InChI=1S/C10H18O3/c1-2-3-4-5-10(13)6-8(7-10)9(11)12/h8,13H,2-7H2,1H3,(H,11,12). The van der Waals surface area contributed by atoms with Crippen LogP contribution in [0.2, 0.25) is 0 Å². The Morgan fingerprint density at radius 3 is 2.54 bits per heavy atom. The lowest BCUT2D eigenvalue weighted by molar-refractivity contribution is -0.159. The molecule has 1 fully saturated rings. The van der Waals surface area contributed by atoms with E-state index in [9.17, 15) is 9.90 Å². The van der Waals surface area contributed by atoms with Gasteiger partial charge in [0.05, 0.1) is 11.5 Å². The van der Waals surface area contributed by atoms with Crippen LogP contribution in [0.4, 0.5) is 0 Å². The van der Waals surface area contributed by atoms with E-state index in [0.29, 0.717) is 12.8 Å². The molecule has 3 nitrogen and oxygen atoms in total. The van der Waals surface area contributed by atoms with E-state index in [-0.39, 0.29) is 5.92 Å². The van der Waals surface area contributed by atoms with E-state index in [1.807, 2.05) is 0 Å². The number of aliphatic carboxylic acids is 1. The Balaban J connectivity index is 2.18. The fourth-order valence-electron chi connectivity index (χ4n) is 1.94. The molecule has 1 rings (SSSR count). The maximum absolute atomic E-state index is 10.5. The van der Waals surface area contributed by atoms with Gasteiger partial charge >= 0.3 is 5.97 Å². The summed E-state index contributed by atoms with van der Waals surface area (Å²) in [7, 11) is 0. The van der Waals surface area contributed by atoms with Crippen LogP contribution in [0.25, 0.3) is 0 Å². The molecule has 0 saturated heterocycles. The van der Waals surface area contributed by atoms with Crippen molar-refractivity contribution >= 4 is 5.97 Å². The first-order valence-corrected chi connectivity index (χ1v) is 5.02. The summed E-state index contributed by atoms with van der Waals surface area (Å²) in [6.45, 7) is 2.12. The van der Waals surface area contributed by atoms with E-state index in [1.54, 1.807) is 0 Å². The third kappa shape index (κ3) is 2.69. The molecular formula is C10H18O3. The predicted molar refractivity (Wildman–Crippen MR) is 49.5 cm³/mol. The molecule has 76 valence electrons. The Morgan fingerprint density at radius 1 is 1.46 bits per heavy atom. The lowest BCUT2D eigenvalue weighted by Gasteiger charge is -2.41. The van der Waals surface area contributed by atoms with Crippen molar-refractivity contribution in [3.05, 3.63) is 0 Å². The molecule has 0 unspecified atom stereocenters. The number of rotatable bonds is 5. The van der Waals surface area contributed by atoms with Crippen molar-refractivity contribution in [2.75, 3.05) is 0 Å². The summed E-state index contributed by atoms with van der Waals surface area (Å²) in [5.74, 6) is -1.06. The van der Waals surface area contributed by atoms with Gasteiger partial charge in [-0.3, -0.25) is 4.79 Å². The molecule has 1 saturated carbocycles. The maximum atomic E-state index is 10.5. The van der Waals surface area contributed by atoms with Gasteiger partial charge in [-0.05, 0) is 19.3 Å². The van der Waals surface area contributed by atoms with Crippen molar-refractivity contribution in [1.82, 2.24) is 0 Å². The molecule has 0 radical (unpaired) electrons. The van der Waals surface area contributed by atoms with E-state index in [4.69, 9.17) is 5.11 Å². The highest BCUT2D eigenvalue weighted by Crippen LogP contribution is 2.41. The minimum atomic E-state index is -0.764. The van der Waals surface area contributed by atoms with Crippen molar-refractivity contribution in [2.24, 2.45) is 5.92 Å². The van der Waals surface area contributed by atoms with Gasteiger partial charge in [0.1, 0.15) is 0 Å². The summed E-state index contributed by atoms with van der Waals surface area (Å²) in [4.78, 5) is 10.5. The van der Waals surface area contributed by atoms with Crippen molar-refractivity contribution in [3.8, 4) is 0 Å². The van der Waals surface area contributed by atoms with Crippen molar-refractivity contribution in [3.63, 3.8) is 0 Å². The van der Waals surface area contributed by atoms with Crippen LogP contribution in [0, 0.1) is 5.92 Å². The highest BCUT2D eigenvalue weighted by molar-refractivity contribution is 5.71. The Labute approximate surface area is 78.8 Å². The lowest BCUT2D eigenvalue weighted by Crippen LogP contribution is -2.46. The SMILES string of the molecule is CCCCCC1(O)CC(C(=O)O)C1. The van der Waals surface area contributed by atoms with Crippen LogP contribution in [-0.2, 0) is 4.79 Å². The number of hydrogen-bond donors (Lipinski definition) is 2. The molecule has 0 amide bonds. The fourth-order valence-corrected chi connectivity index (χ4v) is 1.94. The molecular weight excluding hydrogens is 168 g/mol. The number of carbonyl (C=O) groups is 1. The van der Waals surface area contributed by atoms with Crippen molar-refractivity contribution < 1.29 is 15.0 Å². The number of carboxylic acids is 1. The van der Waals surface area contributed by atoms with Crippen LogP contribution in [0.5, 0.6) is 0 Å².